The van der Waals surface area contributed by atoms with Gasteiger partial charge in [0.05, 0.1) is 46.8 Å². The van der Waals surface area contributed by atoms with Crippen LogP contribution in [0.5, 0.6) is 0 Å². The molecule has 2 heterocycles. The van der Waals surface area contributed by atoms with Crippen molar-refractivity contribution in [1.82, 2.24) is 9.80 Å². The Morgan fingerprint density at radius 3 is 1.17 bits per heavy atom. The number of rotatable bonds is 20. The number of likely N-dealkylation sites (tertiary alicyclic amines) is 2. The van der Waals surface area contributed by atoms with Gasteiger partial charge in [-0.2, -0.15) is 0 Å². The van der Waals surface area contributed by atoms with Crippen molar-refractivity contribution in [2.45, 2.75) is 75.8 Å². The van der Waals surface area contributed by atoms with Crippen LogP contribution in [0.4, 0.5) is 11.4 Å². The number of carboxylic acids is 2. The van der Waals surface area contributed by atoms with Crippen LogP contribution in [0, 0.1) is 0 Å². The second-order valence-electron chi connectivity index (χ2n) is 18.7. The van der Waals surface area contributed by atoms with Gasteiger partial charge in [-0.25, -0.2) is 0 Å². The molecule has 390 valence electrons. The van der Waals surface area contributed by atoms with Crippen LogP contribution in [0.2, 0.25) is 0 Å². The van der Waals surface area contributed by atoms with Crippen molar-refractivity contribution >= 4 is 46.5 Å². The Morgan fingerprint density at radius 2 is 0.789 bits per heavy atom. The average molecular weight is 1100 g/mol. The molecular weight excluding hydrogens is 1040 g/mol. The largest absolute Gasteiger partial charge is 2.00 e. The Balaban J connectivity index is 0.00000420. The zero-order valence-electron chi connectivity index (χ0n) is 41.6. The maximum Gasteiger partial charge on any atom is 2.00 e. The molecule has 0 amide bonds. The zero-order chi connectivity index (χ0) is 51.2. The normalized spacial score (nSPS) is 17.3. The van der Waals surface area contributed by atoms with Crippen molar-refractivity contribution in [1.29, 1.82) is 0 Å². The second kappa shape index (κ2) is 27.5. The van der Waals surface area contributed by atoms with Crippen LogP contribution >= 0.6 is 0 Å². The number of para-hydroxylation sites is 2. The SMILES string of the molecule is O=C([O-])[C@H](Cc1cccc(C[C@H](N=C(c2ccccc2)c2ccccc2N=C([O-])[C@@H]2CCCN2Cc2ccccc2)C(=O)[O-])c1)N=C(c1ccccc1)c1ccccc1N=C([O-])[C@@H]1CCCN1Cc1ccccc1.[Ni+2].[Ni+2]. The third-order valence-corrected chi connectivity index (χ3v) is 13.6. The van der Waals surface area contributed by atoms with Gasteiger partial charge in [-0.05, 0) is 85.0 Å². The molecule has 7 aromatic carbocycles. The van der Waals surface area contributed by atoms with E-state index in [0.717, 1.165) is 37.1 Å². The third-order valence-electron chi connectivity index (χ3n) is 13.6. The molecule has 0 aliphatic carbocycles. The van der Waals surface area contributed by atoms with Crippen LogP contribution in [0.25, 0.3) is 0 Å². The predicted molar refractivity (Wildman–Crippen MR) is 282 cm³/mol. The summed E-state index contributed by atoms with van der Waals surface area (Å²) in [5, 5.41) is 54.2. The molecule has 14 heteroatoms. The maximum atomic E-state index is 14.0. The van der Waals surface area contributed by atoms with E-state index in [2.05, 4.69) is 19.8 Å². The zero-order valence-corrected chi connectivity index (χ0v) is 43.6. The van der Waals surface area contributed by atoms with E-state index in [9.17, 15) is 30.0 Å². The van der Waals surface area contributed by atoms with E-state index in [1.807, 2.05) is 121 Å². The van der Waals surface area contributed by atoms with Crippen molar-refractivity contribution < 1.29 is 63.0 Å². The van der Waals surface area contributed by atoms with Gasteiger partial charge < -0.3 is 30.0 Å². The first-order chi connectivity index (χ1) is 36.2. The van der Waals surface area contributed by atoms with Crippen molar-refractivity contribution in [3.8, 4) is 0 Å². The Kier molecular flexibility index (Phi) is 20.4. The Bertz CT molecular complexity index is 2950. The van der Waals surface area contributed by atoms with Crippen LogP contribution < -0.4 is 20.4 Å². The van der Waals surface area contributed by atoms with Crippen LogP contribution in [0.15, 0.2) is 214 Å². The summed E-state index contributed by atoms with van der Waals surface area (Å²) in [6.45, 7) is 2.79. The molecule has 2 aliphatic rings. The molecule has 12 nitrogen and oxygen atoms in total. The van der Waals surface area contributed by atoms with Crippen LogP contribution in [0.3, 0.4) is 0 Å². The van der Waals surface area contributed by atoms with E-state index in [1.54, 1.807) is 72.8 Å². The molecule has 76 heavy (non-hydrogen) atoms. The Morgan fingerprint density at radius 1 is 0.447 bits per heavy atom. The molecule has 2 aliphatic heterocycles. The predicted octanol–water partition coefficient (Wildman–Crippen LogP) is 6.19. The fraction of sp³-hybridized carbons (Fsp3) is 0.226. The number of carbonyl (C=O) groups is 2. The average Bonchev–Trinajstić information content (AvgIpc) is 4.10. The molecule has 0 bridgehead atoms. The van der Waals surface area contributed by atoms with Gasteiger partial charge in [-0.1, -0.05) is 182 Å². The summed E-state index contributed by atoms with van der Waals surface area (Å²) in [6, 6.07) is 56.0. The van der Waals surface area contributed by atoms with Gasteiger partial charge in [-0.3, -0.25) is 29.8 Å². The molecule has 9 rings (SSSR count). The number of hydrogen-bond acceptors (Lipinski definition) is 12. The summed E-state index contributed by atoms with van der Waals surface area (Å²) in [4.78, 5) is 49.5. The summed E-state index contributed by atoms with van der Waals surface area (Å²) in [7, 11) is 0. The molecule has 2 fully saturated rings. The summed E-state index contributed by atoms with van der Waals surface area (Å²) < 4.78 is 0. The molecular formula is C62H56N6Ni2O6. The molecule has 7 aromatic rings. The summed E-state index contributed by atoms with van der Waals surface area (Å²) in [6.07, 6.45) is 2.89. The number of nitrogens with zero attached hydrogens (tertiary/aromatic N) is 6. The quantitative estimate of drug-likeness (QED) is 0.0492. The van der Waals surface area contributed by atoms with Crippen molar-refractivity contribution in [2.75, 3.05) is 13.1 Å². The molecule has 0 unspecified atom stereocenters. The number of carboxylic acid groups (broad SMARTS) is 2. The standard InChI is InChI=1S/C62H60N6O6.2Ni/c69-59(55-34-18-36-67(55)41-43-20-5-1-6-21-43)65-51-32-15-13-30-49(51)57(47-26-9-3-10-27-47)63-53(61(71)72)39-45-24-17-25-46(38-45)40-54(62(73)74)64-58(48-28-11-4-12-29-48)50-31-14-16-33-52(50)66-60(70)56-35-19-37-68(56)42-44-22-7-2-8-23-44;;/h1-17,20-33,38,53-56H,18-19,34-37,39-42H2,(H,65,69)(H,66,70)(H,71,72)(H,73,74);;/q;2*+2/p-4/t53-,54-,55-,56-;;/m0../s1. The van der Waals surface area contributed by atoms with Gasteiger partial charge >= 0.3 is 33.0 Å². The Hall–Kier alpha value is -7.33. The number of benzene rings is 7. The van der Waals surface area contributed by atoms with Crippen molar-refractivity contribution in [2.24, 2.45) is 20.0 Å². The molecule has 4 atom stereocenters. The van der Waals surface area contributed by atoms with Gasteiger partial charge in [0.25, 0.3) is 0 Å². The fourth-order valence-electron chi connectivity index (χ4n) is 9.95. The van der Waals surface area contributed by atoms with Crippen LogP contribution in [-0.2, 0) is 68.5 Å². The number of carbonyl (C=O) groups excluding carboxylic acids is 2. The smallest absolute Gasteiger partial charge is 0.861 e. The molecule has 2 saturated heterocycles. The van der Waals surface area contributed by atoms with E-state index in [1.165, 1.54) is 0 Å². The third kappa shape index (κ3) is 14.5. The van der Waals surface area contributed by atoms with Gasteiger partial charge in [0.15, 0.2) is 0 Å². The molecule has 0 N–H and O–H groups in total. The van der Waals surface area contributed by atoms with Gasteiger partial charge in [-0.15, -0.1) is 0 Å². The van der Waals surface area contributed by atoms with E-state index >= 15 is 0 Å². The molecule has 0 spiro atoms. The summed E-state index contributed by atoms with van der Waals surface area (Å²) in [5.41, 5.74) is 7.00. The topological polar surface area (TPSA) is 182 Å². The van der Waals surface area contributed by atoms with Gasteiger partial charge in [0, 0.05) is 60.3 Å². The minimum Gasteiger partial charge on any atom is -0.861 e. The first-order valence-electron chi connectivity index (χ1n) is 25.2. The van der Waals surface area contributed by atoms with Gasteiger partial charge in [0.2, 0.25) is 0 Å². The summed E-state index contributed by atoms with van der Waals surface area (Å²) in [5.74, 6) is -3.38. The van der Waals surface area contributed by atoms with E-state index in [-0.39, 0.29) is 57.6 Å². The fourth-order valence-corrected chi connectivity index (χ4v) is 9.95. The van der Waals surface area contributed by atoms with Crippen molar-refractivity contribution in [3.05, 3.63) is 239 Å². The van der Waals surface area contributed by atoms with Crippen LogP contribution in [-0.4, -0.2) is 82.2 Å². The first kappa shape index (κ1) is 56.4. The van der Waals surface area contributed by atoms with Gasteiger partial charge in [0.1, 0.15) is 0 Å². The number of aliphatic carboxylic acids is 2. The second-order valence-corrected chi connectivity index (χ2v) is 18.7. The number of hydrogen-bond donors (Lipinski definition) is 0. The van der Waals surface area contributed by atoms with E-state index < -0.39 is 36.1 Å². The van der Waals surface area contributed by atoms with Crippen molar-refractivity contribution in [3.63, 3.8) is 0 Å². The maximum absolute atomic E-state index is 14.0. The first-order valence-corrected chi connectivity index (χ1v) is 25.2. The van der Waals surface area contributed by atoms with E-state index in [0.29, 0.717) is 82.1 Å². The minimum atomic E-state index is -1.42. The molecule has 0 aromatic heterocycles. The summed E-state index contributed by atoms with van der Waals surface area (Å²) >= 11 is 0. The Labute approximate surface area is 464 Å². The molecule has 0 radical (unpaired) electrons. The minimum absolute atomic E-state index is 0. The van der Waals surface area contributed by atoms with Crippen LogP contribution in [0.1, 0.15) is 70.2 Å². The molecule has 0 saturated carbocycles. The van der Waals surface area contributed by atoms with E-state index in [4.69, 9.17) is 9.98 Å². The number of aliphatic imine (C=N–C) groups is 4. The monoisotopic (exact) mass is 1100 g/mol.